The molecule has 12 heteroatoms. The summed E-state index contributed by atoms with van der Waals surface area (Å²) in [6.07, 6.45) is 2.60. The average molecular weight is 492 g/mol. The van der Waals surface area contributed by atoms with Crippen molar-refractivity contribution in [2.24, 2.45) is 15.8 Å². The molecule has 0 bridgehead atoms. The summed E-state index contributed by atoms with van der Waals surface area (Å²) in [4.78, 5) is 29.0. The summed E-state index contributed by atoms with van der Waals surface area (Å²) in [5.41, 5.74) is 2.45. The predicted octanol–water partition coefficient (Wildman–Crippen LogP) is 1.28. The first-order valence-corrected chi connectivity index (χ1v) is 11.9. The minimum absolute atomic E-state index is 0.107. The molecule has 2 N–H and O–H groups in total. The maximum Gasteiger partial charge on any atom is 0.341 e. The molecule has 2 fully saturated rings. The van der Waals surface area contributed by atoms with Crippen LogP contribution in [0, 0.1) is 0 Å². The molecule has 0 spiro atoms. The van der Waals surface area contributed by atoms with Crippen LogP contribution < -0.4 is 15.5 Å². The van der Waals surface area contributed by atoms with Gasteiger partial charge in [-0.25, -0.2) is 35.6 Å². The van der Waals surface area contributed by atoms with Gasteiger partial charge in [-0.3, -0.25) is 9.80 Å². The standard InChI is InChI=1S/C24H29N9O3/c1-28-24(34)31(14-11-29-9-12-30(13-10-29)17-5-7-18(35-2)8-6-17)23-27-22-21(33(23)28)20(26-16-32(22)25)19-4-3-15-36-19/h3-8,15-16,23H,9-14,25H2,1-2H3. The highest BCUT2D eigenvalue weighted by atomic mass is 16.5. The summed E-state index contributed by atoms with van der Waals surface area (Å²) in [6.45, 7) is 5.01. The SMILES string of the molecule is COc1ccc(N2CCN(CCN3C(=O)N(C)N4C5=C(c6ccco6)N=CN(N)C5=NC34)CC2)cc1. The van der Waals surface area contributed by atoms with E-state index in [4.69, 9.17) is 20.0 Å². The lowest BCUT2D eigenvalue weighted by Gasteiger charge is -2.36. The Labute approximate surface area is 209 Å². The summed E-state index contributed by atoms with van der Waals surface area (Å²) in [5, 5.41) is 4.80. The fraction of sp³-hybridized carbons (Fsp3) is 0.375. The third-order valence-corrected chi connectivity index (χ3v) is 7.02. The molecule has 5 heterocycles. The van der Waals surface area contributed by atoms with Gasteiger partial charge in [0.05, 0.1) is 13.4 Å². The van der Waals surface area contributed by atoms with Gasteiger partial charge in [-0.2, -0.15) is 0 Å². The fourth-order valence-corrected chi connectivity index (χ4v) is 5.04. The van der Waals surface area contributed by atoms with Crippen LogP contribution in [0.1, 0.15) is 5.76 Å². The zero-order chi connectivity index (χ0) is 24.8. The molecule has 1 atom stereocenters. The number of aliphatic imine (C=N–C) groups is 2. The van der Waals surface area contributed by atoms with Crippen molar-refractivity contribution in [3.63, 3.8) is 0 Å². The number of piperazine rings is 1. The molecule has 0 radical (unpaired) electrons. The number of nitrogens with zero attached hydrogens (tertiary/aromatic N) is 8. The molecule has 2 aromatic rings. The number of furan rings is 1. The first-order chi connectivity index (χ1) is 17.5. The number of anilines is 1. The number of hydrogen-bond donors (Lipinski definition) is 1. The van der Waals surface area contributed by atoms with E-state index >= 15 is 0 Å². The van der Waals surface area contributed by atoms with E-state index in [0.717, 1.165) is 38.5 Å². The van der Waals surface area contributed by atoms with Crippen LogP contribution in [-0.4, -0.2) is 103 Å². The molecule has 2 saturated heterocycles. The highest BCUT2D eigenvalue weighted by Gasteiger charge is 2.51. The van der Waals surface area contributed by atoms with Gasteiger partial charge in [-0.05, 0) is 36.4 Å². The molecule has 0 saturated carbocycles. The number of ether oxygens (including phenoxy) is 1. The van der Waals surface area contributed by atoms with E-state index in [-0.39, 0.29) is 6.03 Å². The number of fused-ring (bicyclic) bond motifs is 3. The number of carbonyl (C=O) groups excluding carboxylic acids is 1. The lowest BCUT2D eigenvalue weighted by Crippen LogP contribution is -2.49. The quantitative estimate of drug-likeness (QED) is 0.602. The number of hydrazine groups is 2. The molecule has 1 unspecified atom stereocenters. The van der Waals surface area contributed by atoms with Gasteiger partial charge in [0.15, 0.2) is 11.6 Å². The predicted molar refractivity (Wildman–Crippen MR) is 135 cm³/mol. The van der Waals surface area contributed by atoms with Crippen LogP contribution in [0.25, 0.3) is 5.70 Å². The first-order valence-electron chi connectivity index (χ1n) is 11.9. The summed E-state index contributed by atoms with van der Waals surface area (Å²) in [6, 6.07) is 11.7. The van der Waals surface area contributed by atoms with Crippen LogP contribution in [0.3, 0.4) is 0 Å². The summed E-state index contributed by atoms with van der Waals surface area (Å²) in [7, 11) is 3.42. The number of urea groups is 1. The normalized spacial score (nSPS) is 22.0. The first kappa shape index (κ1) is 22.4. The highest BCUT2D eigenvalue weighted by molar-refractivity contribution is 6.12. The molecule has 12 nitrogen and oxygen atoms in total. The number of carbonyl (C=O) groups is 1. The molecular formula is C24H29N9O3. The maximum absolute atomic E-state index is 13.2. The zero-order valence-electron chi connectivity index (χ0n) is 20.3. The molecule has 36 heavy (non-hydrogen) atoms. The zero-order valence-corrected chi connectivity index (χ0v) is 20.3. The fourth-order valence-electron chi connectivity index (χ4n) is 5.04. The number of methoxy groups -OCH3 is 1. The van der Waals surface area contributed by atoms with Gasteiger partial charge in [0.1, 0.15) is 23.5 Å². The number of amidine groups is 1. The second-order valence-electron chi connectivity index (χ2n) is 9.00. The van der Waals surface area contributed by atoms with Crippen molar-refractivity contribution in [1.29, 1.82) is 0 Å². The summed E-state index contributed by atoms with van der Waals surface area (Å²) < 4.78 is 10.8. The Bertz CT molecular complexity index is 1220. The van der Waals surface area contributed by atoms with Crippen molar-refractivity contribution in [2.45, 2.75) is 6.29 Å². The molecule has 1 aromatic heterocycles. The van der Waals surface area contributed by atoms with Crippen LogP contribution in [-0.2, 0) is 0 Å². The Morgan fingerprint density at radius 2 is 1.89 bits per heavy atom. The van der Waals surface area contributed by atoms with Crippen molar-refractivity contribution < 1.29 is 13.9 Å². The van der Waals surface area contributed by atoms with Crippen molar-refractivity contribution >= 4 is 29.6 Å². The van der Waals surface area contributed by atoms with E-state index in [1.54, 1.807) is 36.4 Å². The third-order valence-electron chi connectivity index (χ3n) is 7.02. The topological polar surface area (TPSA) is 110 Å². The highest BCUT2D eigenvalue weighted by Crippen LogP contribution is 2.38. The Hall–Kier alpha value is -4.03. The molecule has 4 aliphatic heterocycles. The Balaban J connectivity index is 1.13. The van der Waals surface area contributed by atoms with Crippen LogP contribution in [0.5, 0.6) is 5.75 Å². The second-order valence-corrected chi connectivity index (χ2v) is 9.00. The van der Waals surface area contributed by atoms with E-state index in [9.17, 15) is 4.79 Å². The van der Waals surface area contributed by atoms with Gasteiger partial charge in [0, 0.05) is 52.0 Å². The largest absolute Gasteiger partial charge is 0.497 e. The van der Waals surface area contributed by atoms with Gasteiger partial charge >= 0.3 is 6.03 Å². The van der Waals surface area contributed by atoms with E-state index in [1.165, 1.54) is 17.0 Å². The van der Waals surface area contributed by atoms with Crippen LogP contribution in [0.4, 0.5) is 10.5 Å². The molecule has 4 aliphatic rings. The average Bonchev–Trinajstić information content (AvgIpc) is 3.63. The molecule has 0 aliphatic carbocycles. The Morgan fingerprint density at radius 3 is 2.58 bits per heavy atom. The van der Waals surface area contributed by atoms with Gasteiger partial charge in [0.2, 0.25) is 6.29 Å². The molecule has 1 aromatic carbocycles. The number of nitrogens with two attached hydrogens (primary N) is 1. The Morgan fingerprint density at radius 1 is 1.11 bits per heavy atom. The molecule has 6 rings (SSSR count). The van der Waals surface area contributed by atoms with E-state index in [0.29, 0.717) is 29.5 Å². The maximum atomic E-state index is 13.2. The van der Waals surface area contributed by atoms with Crippen molar-refractivity contribution in [2.75, 3.05) is 58.3 Å². The van der Waals surface area contributed by atoms with Crippen molar-refractivity contribution in [3.05, 3.63) is 54.1 Å². The number of hydrogen-bond acceptors (Lipinski definition) is 10. The van der Waals surface area contributed by atoms with Crippen LogP contribution in [0.2, 0.25) is 0 Å². The number of rotatable bonds is 6. The summed E-state index contributed by atoms with van der Waals surface area (Å²) >= 11 is 0. The van der Waals surface area contributed by atoms with Crippen LogP contribution in [0.15, 0.2) is 62.8 Å². The Kier molecular flexibility index (Phi) is 5.53. The second kappa shape index (κ2) is 8.88. The third kappa shape index (κ3) is 3.65. The molecule has 188 valence electrons. The smallest absolute Gasteiger partial charge is 0.341 e. The molecular weight excluding hydrogens is 462 g/mol. The monoisotopic (exact) mass is 491 g/mol. The number of benzene rings is 1. The summed E-state index contributed by atoms with van der Waals surface area (Å²) in [5.74, 6) is 8.16. The van der Waals surface area contributed by atoms with Gasteiger partial charge in [0.25, 0.3) is 0 Å². The lowest BCUT2D eigenvalue weighted by molar-refractivity contribution is 0.0841. The van der Waals surface area contributed by atoms with Crippen molar-refractivity contribution in [3.8, 4) is 5.75 Å². The molecule has 2 amide bonds. The van der Waals surface area contributed by atoms with Crippen LogP contribution >= 0.6 is 0 Å². The number of amides is 2. The van der Waals surface area contributed by atoms with E-state index < -0.39 is 6.29 Å². The van der Waals surface area contributed by atoms with E-state index in [2.05, 4.69) is 26.9 Å². The van der Waals surface area contributed by atoms with E-state index in [1.807, 2.05) is 23.2 Å². The van der Waals surface area contributed by atoms with Crippen molar-refractivity contribution in [1.82, 2.24) is 24.8 Å². The minimum atomic E-state index is -0.509. The lowest BCUT2D eigenvalue weighted by atomic mass is 10.2. The van der Waals surface area contributed by atoms with Gasteiger partial charge < -0.3 is 14.1 Å². The minimum Gasteiger partial charge on any atom is -0.497 e. The van der Waals surface area contributed by atoms with Gasteiger partial charge in [-0.15, -0.1) is 0 Å². The van der Waals surface area contributed by atoms with Gasteiger partial charge in [-0.1, -0.05) is 0 Å².